The van der Waals surface area contributed by atoms with Crippen molar-refractivity contribution in [2.75, 3.05) is 5.75 Å². The zero-order chi connectivity index (χ0) is 14.8. The molecule has 0 saturated heterocycles. The summed E-state index contributed by atoms with van der Waals surface area (Å²) < 4.78 is 51.4. The third kappa shape index (κ3) is 3.78. The topological polar surface area (TPSA) is 86.2 Å². The van der Waals surface area contributed by atoms with Crippen LogP contribution in [0.15, 0.2) is 44.9 Å². The van der Waals surface area contributed by atoms with Crippen LogP contribution in [-0.4, -0.2) is 19.2 Å². The monoisotopic (exact) mass is 320 g/mol. The number of oxazole rings is 1. The van der Waals surface area contributed by atoms with Crippen LogP contribution in [0.2, 0.25) is 0 Å². The number of halogens is 2. The molecule has 1 aromatic carbocycles. The number of benzene rings is 1. The summed E-state index contributed by atoms with van der Waals surface area (Å²) >= 11 is 1.17. The highest BCUT2D eigenvalue weighted by atomic mass is 32.2. The summed E-state index contributed by atoms with van der Waals surface area (Å²) in [4.78, 5) is 4.01. The van der Waals surface area contributed by atoms with E-state index in [9.17, 15) is 17.2 Å². The summed E-state index contributed by atoms with van der Waals surface area (Å²) in [6.45, 7) is 0. The molecule has 2 aromatic rings. The number of sulfonamides is 1. The third-order valence-electron chi connectivity index (χ3n) is 2.31. The predicted octanol–water partition coefficient (Wildman–Crippen LogP) is 2.74. The van der Waals surface area contributed by atoms with E-state index in [4.69, 9.17) is 9.56 Å². The van der Waals surface area contributed by atoms with Crippen molar-refractivity contribution in [3.8, 4) is 0 Å². The van der Waals surface area contributed by atoms with Gasteiger partial charge in [-0.15, -0.1) is 0 Å². The normalized spacial score (nSPS) is 11.8. The van der Waals surface area contributed by atoms with Crippen LogP contribution in [0.4, 0.5) is 8.78 Å². The van der Waals surface area contributed by atoms with Gasteiger partial charge in [0.15, 0.2) is 5.58 Å². The third-order valence-corrected chi connectivity index (χ3v) is 4.08. The molecule has 9 heteroatoms. The molecule has 0 fully saturated rings. The number of thioether (sulfide) groups is 1. The van der Waals surface area contributed by atoms with Gasteiger partial charge in [-0.05, 0) is 30.7 Å². The van der Waals surface area contributed by atoms with E-state index >= 15 is 0 Å². The first kappa shape index (κ1) is 14.9. The summed E-state index contributed by atoms with van der Waals surface area (Å²) in [7, 11) is -3.80. The lowest BCUT2D eigenvalue weighted by Crippen LogP contribution is -2.11. The number of fused-ring (bicyclic) bond motifs is 1. The van der Waals surface area contributed by atoms with Crippen molar-refractivity contribution >= 4 is 32.9 Å². The minimum absolute atomic E-state index is 0.0581. The van der Waals surface area contributed by atoms with E-state index in [1.807, 2.05) is 0 Å². The van der Waals surface area contributed by atoms with E-state index in [0.717, 1.165) is 6.08 Å². The minimum Gasteiger partial charge on any atom is -0.431 e. The van der Waals surface area contributed by atoms with Crippen LogP contribution in [0.3, 0.4) is 0 Å². The molecular formula is C11H10F2N2O3S2. The van der Waals surface area contributed by atoms with Crippen LogP contribution < -0.4 is 5.14 Å². The van der Waals surface area contributed by atoms with Crippen molar-refractivity contribution in [3.05, 3.63) is 30.4 Å². The van der Waals surface area contributed by atoms with Crippen LogP contribution in [0, 0.1) is 0 Å². The van der Waals surface area contributed by atoms with Crippen LogP contribution in [-0.2, 0) is 10.0 Å². The fourth-order valence-electron chi connectivity index (χ4n) is 1.44. The molecule has 0 aliphatic rings. The lowest BCUT2D eigenvalue weighted by atomic mass is 10.3. The Hall–Kier alpha value is -1.45. The summed E-state index contributed by atoms with van der Waals surface area (Å²) in [5.74, 6) is 0.381. The molecule has 0 aliphatic carbocycles. The Kier molecular flexibility index (Phi) is 4.41. The lowest BCUT2D eigenvalue weighted by Gasteiger charge is -1.95. The maximum Gasteiger partial charge on any atom is 0.266 e. The molecule has 0 bridgehead atoms. The molecule has 2 rings (SSSR count). The Morgan fingerprint density at radius 1 is 1.45 bits per heavy atom. The molecule has 20 heavy (non-hydrogen) atoms. The van der Waals surface area contributed by atoms with Gasteiger partial charge in [-0.25, -0.2) is 18.5 Å². The van der Waals surface area contributed by atoms with E-state index in [1.165, 1.54) is 30.0 Å². The lowest BCUT2D eigenvalue weighted by molar-refractivity contribution is 0.418. The molecule has 2 N–H and O–H groups in total. The summed E-state index contributed by atoms with van der Waals surface area (Å²) in [5.41, 5.74) is 0.762. The van der Waals surface area contributed by atoms with Gasteiger partial charge in [-0.1, -0.05) is 11.8 Å². The second-order valence-corrected chi connectivity index (χ2v) is 6.39. The second kappa shape index (κ2) is 5.90. The van der Waals surface area contributed by atoms with Gasteiger partial charge in [-0.2, -0.15) is 8.78 Å². The smallest absolute Gasteiger partial charge is 0.266 e. The predicted molar refractivity (Wildman–Crippen MR) is 71.0 cm³/mol. The van der Waals surface area contributed by atoms with E-state index in [2.05, 4.69) is 4.98 Å². The average molecular weight is 320 g/mol. The Bertz CT molecular complexity index is 752. The highest BCUT2D eigenvalue weighted by Crippen LogP contribution is 2.25. The van der Waals surface area contributed by atoms with Crippen molar-refractivity contribution in [1.29, 1.82) is 0 Å². The second-order valence-electron chi connectivity index (χ2n) is 3.79. The number of rotatable bonds is 5. The first-order chi connectivity index (χ1) is 9.36. The van der Waals surface area contributed by atoms with Crippen LogP contribution in [0.25, 0.3) is 11.1 Å². The number of nitrogens with zero attached hydrogens (tertiary/aromatic N) is 1. The molecule has 0 aliphatic heterocycles. The Balaban J connectivity index is 2.15. The zero-order valence-electron chi connectivity index (χ0n) is 10.0. The largest absolute Gasteiger partial charge is 0.431 e. The highest BCUT2D eigenvalue weighted by molar-refractivity contribution is 7.99. The van der Waals surface area contributed by atoms with Gasteiger partial charge in [0.25, 0.3) is 11.3 Å². The van der Waals surface area contributed by atoms with Crippen LogP contribution in [0.5, 0.6) is 0 Å². The summed E-state index contributed by atoms with van der Waals surface area (Å²) in [5, 5.41) is 5.30. The molecule has 5 nitrogen and oxygen atoms in total. The molecule has 0 spiro atoms. The number of aromatic nitrogens is 1. The molecule has 0 atom stereocenters. The van der Waals surface area contributed by atoms with Crippen molar-refractivity contribution in [2.24, 2.45) is 5.14 Å². The van der Waals surface area contributed by atoms with Gasteiger partial charge >= 0.3 is 0 Å². The molecule has 0 amide bonds. The van der Waals surface area contributed by atoms with E-state index in [-0.39, 0.29) is 11.3 Å². The average Bonchev–Trinajstić information content (AvgIpc) is 2.74. The summed E-state index contributed by atoms with van der Waals surface area (Å²) in [6.07, 6.45) is -0.718. The van der Waals surface area contributed by atoms with Gasteiger partial charge in [0, 0.05) is 5.75 Å². The van der Waals surface area contributed by atoms with Gasteiger partial charge in [0.05, 0.1) is 4.90 Å². The maximum atomic E-state index is 11.8. The summed E-state index contributed by atoms with van der Waals surface area (Å²) in [6, 6.07) is 4.07. The number of hydrogen-bond acceptors (Lipinski definition) is 5. The van der Waals surface area contributed by atoms with Crippen molar-refractivity contribution in [1.82, 2.24) is 4.98 Å². The molecule has 0 saturated carbocycles. The van der Waals surface area contributed by atoms with Crippen LogP contribution in [0.1, 0.15) is 6.42 Å². The zero-order valence-corrected chi connectivity index (χ0v) is 11.7. The fourth-order valence-corrected chi connectivity index (χ4v) is 2.69. The van der Waals surface area contributed by atoms with E-state index in [1.54, 1.807) is 0 Å². The molecule has 0 unspecified atom stereocenters. The molecular weight excluding hydrogens is 310 g/mol. The molecule has 1 aromatic heterocycles. The SMILES string of the molecule is NS(=O)(=O)c1ccc2oc(SCCC=C(F)F)nc2c1. The molecule has 1 heterocycles. The van der Waals surface area contributed by atoms with Crippen LogP contribution >= 0.6 is 11.8 Å². The minimum atomic E-state index is -3.80. The molecule has 108 valence electrons. The Labute approximate surface area is 117 Å². The quantitative estimate of drug-likeness (QED) is 0.676. The Morgan fingerprint density at radius 3 is 2.85 bits per heavy atom. The fraction of sp³-hybridized carbons (Fsp3) is 0.182. The molecule has 0 radical (unpaired) electrons. The highest BCUT2D eigenvalue weighted by Gasteiger charge is 2.12. The van der Waals surface area contributed by atoms with E-state index < -0.39 is 16.1 Å². The van der Waals surface area contributed by atoms with Crippen molar-refractivity contribution in [2.45, 2.75) is 16.5 Å². The number of nitrogens with two attached hydrogens (primary N) is 1. The van der Waals surface area contributed by atoms with Gasteiger partial charge in [0.1, 0.15) is 5.52 Å². The van der Waals surface area contributed by atoms with Gasteiger partial charge in [0.2, 0.25) is 10.0 Å². The number of allylic oxidation sites excluding steroid dienone is 1. The number of hydrogen-bond donors (Lipinski definition) is 1. The van der Waals surface area contributed by atoms with E-state index in [0.29, 0.717) is 22.1 Å². The first-order valence-electron chi connectivity index (χ1n) is 5.43. The standard InChI is InChI=1S/C11H10F2N2O3S2/c12-10(13)2-1-5-19-11-15-8-6-7(20(14,16)17)3-4-9(8)18-11/h2-4,6H,1,5H2,(H2,14,16,17). The Morgan fingerprint density at radius 2 is 2.20 bits per heavy atom. The maximum absolute atomic E-state index is 11.8. The number of primary sulfonamides is 1. The van der Waals surface area contributed by atoms with Crippen molar-refractivity contribution < 1.29 is 21.6 Å². The first-order valence-corrected chi connectivity index (χ1v) is 7.97. The van der Waals surface area contributed by atoms with Gasteiger partial charge < -0.3 is 4.42 Å². The van der Waals surface area contributed by atoms with Gasteiger partial charge in [-0.3, -0.25) is 0 Å². The van der Waals surface area contributed by atoms with Crippen molar-refractivity contribution in [3.63, 3.8) is 0 Å².